The second kappa shape index (κ2) is 8.67. The molecule has 1 aliphatic rings. The Morgan fingerprint density at radius 3 is 2.36 bits per heavy atom. The minimum absolute atomic E-state index is 0.0615. The van der Waals surface area contributed by atoms with Crippen LogP contribution >= 0.6 is 0 Å². The first-order valence-electron chi connectivity index (χ1n) is 9.06. The van der Waals surface area contributed by atoms with Crippen molar-refractivity contribution < 1.29 is 4.79 Å². The Labute approximate surface area is 150 Å². The number of nitrogens with one attached hydrogen (secondary N) is 1. The molecule has 0 aromatic heterocycles. The largest absolute Gasteiger partial charge is 0.338 e. The Balaban J connectivity index is 1.39. The average molecular weight is 337 g/mol. The number of aryl methyl sites for hydroxylation is 1. The van der Waals surface area contributed by atoms with Crippen molar-refractivity contribution in [1.82, 2.24) is 15.1 Å². The van der Waals surface area contributed by atoms with E-state index in [2.05, 4.69) is 53.5 Å². The van der Waals surface area contributed by atoms with Crippen LogP contribution in [0.4, 0.5) is 4.79 Å². The zero-order chi connectivity index (χ0) is 17.5. The average Bonchev–Trinajstić information content (AvgIpc) is 2.65. The van der Waals surface area contributed by atoms with Gasteiger partial charge in [0.15, 0.2) is 0 Å². The molecule has 1 heterocycles. The first-order valence-corrected chi connectivity index (χ1v) is 9.06. The number of carbonyl (C=O) groups excluding carboxylic acids is 1. The molecule has 0 saturated carbocycles. The minimum atomic E-state index is 0.0615. The topological polar surface area (TPSA) is 35.6 Å². The molecule has 0 radical (unpaired) electrons. The van der Waals surface area contributed by atoms with Crippen molar-refractivity contribution in [3.63, 3.8) is 0 Å². The number of rotatable bonds is 5. The summed E-state index contributed by atoms with van der Waals surface area (Å²) in [6.45, 7) is 7.27. The highest BCUT2D eigenvalue weighted by Crippen LogP contribution is 2.12. The lowest BCUT2D eigenvalue weighted by Crippen LogP contribution is -2.51. The van der Waals surface area contributed by atoms with Crippen LogP contribution in [0.5, 0.6) is 0 Å². The van der Waals surface area contributed by atoms with E-state index >= 15 is 0 Å². The molecule has 0 atom stereocenters. The highest BCUT2D eigenvalue weighted by Gasteiger charge is 2.21. The fourth-order valence-corrected chi connectivity index (χ4v) is 3.21. The van der Waals surface area contributed by atoms with Gasteiger partial charge in [-0.2, -0.15) is 0 Å². The number of nitrogens with zero attached hydrogens (tertiary/aromatic N) is 2. The molecule has 2 amide bonds. The third kappa shape index (κ3) is 5.07. The van der Waals surface area contributed by atoms with Gasteiger partial charge < -0.3 is 10.2 Å². The number of hydrogen-bond donors (Lipinski definition) is 1. The van der Waals surface area contributed by atoms with Crippen molar-refractivity contribution in [2.24, 2.45) is 0 Å². The molecule has 1 fully saturated rings. The molecule has 1 saturated heterocycles. The molecule has 0 aliphatic carbocycles. The predicted molar refractivity (Wildman–Crippen MR) is 102 cm³/mol. The summed E-state index contributed by atoms with van der Waals surface area (Å²) in [6.07, 6.45) is 0.875. The molecule has 0 bridgehead atoms. The van der Waals surface area contributed by atoms with Crippen LogP contribution in [-0.4, -0.2) is 48.6 Å². The second-order valence-corrected chi connectivity index (χ2v) is 6.66. The normalized spacial score (nSPS) is 15.2. The Hall–Kier alpha value is -2.33. The number of hydrogen-bond acceptors (Lipinski definition) is 2. The van der Waals surface area contributed by atoms with Crippen LogP contribution in [0.1, 0.15) is 16.7 Å². The summed E-state index contributed by atoms with van der Waals surface area (Å²) in [5, 5.41) is 3.04. The van der Waals surface area contributed by atoms with Crippen LogP contribution in [0.15, 0.2) is 54.6 Å². The van der Waals surface area contributed by atoms with Crippen molar-refractivity contribution in [3.05, 3.63) is 71.3 Å². The van der Waals surface area contributed by atoms with Crippen molar-refractivity contribution in [2.45, 2.75) is 19.9 Å². The van der Waals surface area contributed by atoms with E-state index < -0.39 is 0 Å². The van der Waals surface area contributed by atoms with Gasteiger partial charge in [-0.25, -0.2) is 4.79 Å². The molecule has 4 nitrogen and oxygen atoms in total. The number of carbonyl (C=O) groups is 1. The molecule has 3 rings (SSSR count). The second-order valence-electron chi connectivity index (χ2n) is 6.66. The molecule has 0 unspecified atom stereocenters. The molecule has 4 heteroatoms. The van der Waals surface area contributed by atoms with E-state index in [1.807, 2.05) is 23.1 Å². The monoisotopic (exact) mass is 337 g/mol. The molecular formula is C21H27N3O. The number of urea groups is 1. The maximum absolute atomic E-state index is 12.3. The lowest BCUT2D eigenvalue weighted by Gasteiger charge is -2.35. The van der Waals surface area contributed by atoms with E-state index in [-0.39, 0.29) is 6.03 Å². The lowest BCUT2D eigenvalue weighted by atomic mass is 10.1. The molecule has 2 aromatic carbocycles. The zero-order valence-electron chi connectivity index (χ0n) is 14.9. The van der Waals surface area contributed by atoms with Gasteiger partial charge in [0.25, 0.3) is 0 Å². The van der Waals surface area contributed by atoms with Crippen molar-refractivity contribution >= 4 is 6.03 Å². The number of piperazine rings is 1. The number of benzene rings is 2. The summed E-state index contributed by atoms with van der Waals surface area (Å²) in [5.41, 5.74) is 3.97. The molecule has 0 spiro atoms. The maximum atomic E-state index is 12.3. The predicted octanol–water partition coefficient (Wildman–Crippen LogP) is 3.06. The number of amides is 2. The van der Waals surface area contributed by atoms with Crippen LogP contribution in [-0.2, 0) is 13.0 Å². The standard InChI is InChI=1S/C21H27N3O/c1-18-7-5-6-10-20(18)17-23-13-15-24(16-14-23)21(25)22-12-11-19-8-3-2-4-9-19/h2-10H,11-17H2,1H3,(H,22,25). The van der Waals surface area contributed by atoms with Gasteiger partial charge in [0.05, 0.1) is 0 Å². The van der Waals surface area contributed by atoms with Gasteiger partial charge in [0.1, 0.15) is 0 Å². The summed E-state index contributed by atoms with van der Waals surface area (Å²) >= 11 is 0. The van der Waals surface area contributed by atoms with Gasteiger partial charge in [0.2, 0.25) is 0 Å². The lowest BCUT2D eigenvalue weighted by molar-refractivity contribution is 0.135. The summed E-state index contributed by atoms with van der Waals surface area (Å²) in [4.78, 5) is 16.7. The van der Waals surface area contributed by atoms with E-state index in [9.17, 15) is 4.79 Å². The van der Waals surface area contributed by atoms with Crippen LogP contribution in [0.2, 0.25) is 0 Å². The van der Waals surface area contributed by atoms with E-state index in [1.54, 1.807) is 0 Å². The highest BCUT2D eigenvalue weighted by molar-refractivity contribution is 5.74. The molecule has 25 heavy (non-hydrogen) atoms. The first-order chi connectivity index (χ1) is 12.2. The van der Waals surface area contributed by atoms with Crippen LogP contribution in [0, 0.1) is 6.92 Å². The van der Waals surface area contributed by atoms with Crippen LogP contribution in [0.3, 0.4) is 0 Å². The van der Waals surface area contributed by atoms with E-state index in [0.29, 0.717) is 6.54 Å². The SMILES string of the molecule is Cc1ccccc1CN1CCN(C(=O)NCCc2ccccc2)CC1. The van der Waals surface area contributed by atoms with Gasteiger partial charge in [0, 0.05) is 39.3 Å². The zero-order valence-corrected chi connectivity index (χ0v) is 14.9. The van der Waals surface area contributed by atoms with Crippen molar-refractivity contribution in [1.29, 1.82) is 0 Å². The quantitative estimate of drug-likeness (QED) is 0.910. The summed E-state index contributed by atoms with van der Waals surface area (Å²) < 4.78 is 0. The van der Waals surface area contributed by atoms with Gasteiger partial charge >= 0.3 is 6.03 Å². The van der Waals surface area contributed by atoms with E-state index in [4.69, 9.17) is 0 Å². The van der Waals surface area contributed by atoms with Gasteiger partial charge in [-0.05, 0) is 30.0 Å². The molecule has 1 aliphatic heterocycles. The van der Waals surface area contributed by atoms with Crippen LogP contribution < -0.4 is 5.32 Å². The van der Waals surface area contributed by atoms with Crippen LogP contribution in [0.25, 0.3) is 0 Å². The first kappa shape index (κ1) is 17.5. The smallest absolute Gasteiger partial charge is 0.317 e. The summed E-state index contributed by atoms with van der Waals surface area (Å²) in [7, 11) is 0. The third-order valence-corrected chi connectivity index (χ3v) is 4.85. The Morgan fingerprint density at radius 2 is 1.64 bits per heavy atom. The Bertz CT molecular complexity index is 679. The summed E-state index contributed by atoms with van der Waals surface area (Å²) in [6, 6.07) is 18.9. The fourth-order valence-electron chi connectivity index (χ4n) is 3.21. The maximum Gasteiger partial charge on any atom is 0.317 e. The highest BCUT2D eigenvalue weighted by atomic mass is 16.2. The van der Waals surface area contributed by atoms with E-state index in [1.165, 1.54) is 16.7 Å². The Morgan fingerprint density at radius 1 is 0.960 bits per heavy atom. The van der Waals surface area contributed by atoms with Crippen molar-refractivity contribution in [3.8, 4) is 0 Å². The molecule has 1 N–H and O–H groups in total. The van der Waals surface area contributed by atoms with Gasteiger partial charge in [-0.1, -0.05) is 54.6 Å². The molecule has 132 valence electrons. The van der Waals surface area contributed by atoms with E-state index in [0.717, 1.165) is 39.1 Å². The Kier molecular flexibility index (Phi) is 6.07. The van der Waals surface area contributed by atoms with Gasteiger partial charge in [-0.15, -0.1) is 0 Å². The molecular weight excluding hydrogens is 310 g/mol. The van der Waals surface area contributed by atoms with Crippen molar-refractivity contribution in [2.75, 3.05) is 32.7 Å². The third-order valence-electron chi connectivity index (χ3n) is 4.85. The fraction of sp³-hybridized carbons (Fsp3) is 0.381. The van der Waals surface area contributed by atoms with Gasteiger partial charge in [-0.3, -0.25) is 4.90 Å². The minimum Gasteiger partial charge on any atom is -0.338 e. The molecule has 2 aromatic rings. The summed E-state index contributed by atoms with van der Waals surface area (Å²) in [5.74, 6) is 0.